The molecule has 0 spiro atoms. The predicted molar refractivity (Wildman–Crippen MR) is 117 cm³/mol. The predicted octanol–water partition coefficient (Wildman–Crippen LogP) is 3.53. The molecule has 156 valence electrons. The molecule has 0 bridgehead atoms. The van der Waals surface area contributed by atoms with Gasteiger partial charge in [-0.15, -0.1) is 0 Å². The molecule has 1 heterocycles. The Morgan fingerprint density at radius 1 is 1.11 bits per heavy atom. The molecule has 0 saturated heterocycles. The highest BCUT2D eigenvalue weighted by Crippen LogP contribution is 2.21. The highest BCUT2D eigenvalue weighted by atomic mass is 32.2. The Labute approximate surface area is 168 Å². The van der Waals surface area contributed by atoms with Gasteiger partial charge in [0.05, 0.1) is 5.75 Å². The zero-order valence-corrected chi connectivity index (χ0v) is 18.1. The van der Waals surface area contributed by atoms with Gasteiger partial charge in [-0.25, -0.2) is 8.42 Å². The molecule has 0 radical (unpaired) electrons. The van der Waals surface area contributed by atoms with E-state index < -0.39 is 21.5 Å². The average molecular weight is 408 g/mol. The first-order valence-corrected chi connectivity index (χ1v) is 12.0. The Morgan fingerprint density at radius 3 is 2.54 bits per heavy atom. The molecule has 1 N–H and O–H groups in total. The molecule has 1 aromatic carbocycles. The van der Waals surface area contributed by atoms with Crippen LogP contribution in [0.3, 0.4) is 0 Å². The number of hydrogen-bond donors (Lipinski definition) is 1. The van der Waals surface area contributed by atoms with Gasteiger partial charge in [0.15, 0.2) is 9.84 Å². The van der Waals surface area contributed by atoms with Gasteiger partial charge in [-0.2, -0.15) is 0 Å². The van der Waals surface area contributed by atoms with Gasteiger partial charge in [0.2, 0.25) is 5.91 Å². The van der Waals surface area contributed by atoms with E-state index in [1.807, 2.05) is 31.2 Å². The molecule has 1 aromatic heterocycles. The highest BCUT2D eigenvalue weighted by molar-refractivity contribution is 7.92. The van der Waals surface area contributed by atoms with Gasteiger partial charge in [-0.3, -0.25) is 4.79 Å². The van der Waals surface area contributed by atoms with Crippen molar-refractivity contribution in [1.82, 2.24) is 9.47 Å². The molecule has 7 heteroatoms. The van der Waals surface area contributed by atoms with E-state index in [-0.39, 0.29) is 5.75 Å². The lowest BCUT2D eigenvalue weighted by Gasteiger charge is -2.18. The third-order valence-electron chi connectivity index (χ3n) is 5.02. The quantitative estimate of drug-likeness (QED) is 0.547. The average Bonchev–Trinajstić information content (AvgIpc) is 3.04. The van der Waals surface area contributed by atoms with Crippen molar-refractivity contribution in [2.75, 3.05) is 36.5 Å². The molecule has 0 unspecified atom stereocenters. The molecule has 28 heavy (non-hydrogen) atoms. The maximum absolute atomic E-state index is 12.1. The zero-order chi connectivity index (χ0) is 20.6. The van der Waals surface area contributed by atoms with Crippen LogP contribution in [0.5, 0.6) is 0 Å². The lowest BCUT2D eigenvalue weighted by atomic mass is 10.2. The first kappa shape index (κ1) is 22.4. The Bertz CT molecular complexity index is 870. The summed E-state index contributed by atoms with van der Waals surface area (Å²) in [7, 11) is -3.35. The number of nitrogens with one attached hydrogen (secondary N) is 1. The Morgan fingerprint density at radius 2 is 1.86 bits per heavy atom. The highest BCUT2D eigenvalue weighted by Gasteiger charge is 2.16. The molecular formula is C21H33N3O3S. The van der Waals surface area contributed by atoms with Crippen LogP contribution >= 0.6 is 0 Å². The summed E-state index contributed by atoms with van der Waals surface area (Å²) < 4.78 is 26.3. The van der Waals surface area contributed by atoms with Crippen molar-refractivity contribution in [3.05, 3.63) is 30.5 Å². The van der Waals surface area contributed by atoms with E-state index in [1.165, 1.54) is 0 Å². The van der Waals surface area contributed by atoms with Gasteiger partial charge >= 0.3 is 0 Å². The lowest BCUT2D eigenvalue weighted by Crippen LogP contribution is -2.26. The van der Waals surface area contributed by atoms with E-state index in [4.69, 9.17) is 0 Å². The number of hydrogen-bond acceptors (Lipinski definition) is 4. The maximum Gasteiger partial charge on any atom is 0.239 e. The summed E-state index contributed by atoms with van der Waals surface area (Å²) in [4.78, 5) is 14.5. The standard InChI is InChI=1S/C21H33N3O3S/c1-4-7-8-15-28(26,27)17-21(25)22-19-9-10-20-18(16-19)11-12-24(20)14-13-23(5-2)6-3/h9-12,16H,4-8,13-15,17H2,1-3H3,(H,22,25). The van der Waals surface area contributed by atoms with E-state index in [0.717, 1.165) is 49.9 Å². The van der Waals surface area contributed by atoms with Crippen molar-refractivity contribution >= 4 is 32.3 Å². The molecule has 2 rings (SSSR count). The fourth-order valence-electron chi connectivity index (χ4n) is 3.30. The van der Waals surface area contributed by atoms with Crippen molar-refractivity contribution in [1.29, 1.82) is 0 Å². The van der Waals surface area contributed by atoms with Crippen LogP contribution in [-0.4, -0.2) is 54.9 Å². The molecule has 1 amide bonds. The number of likely N-dealkylation sites (N-methyl/N-ethyl adjacent to an activating group) is 1. The molecule has 0 saturated carbocycles. The minimum Gasteiger partial charge on any atom is -0.346 e. The summed E-state index contributed by atoms with van der Waals surface area (Å²) in [5, 5.41) is 3.75. The summed E-state index contributed by atoms with van der Waals surface area (Å²) in [6.45, 7) is 10.3. The van der Waals surface area contributed by atoms with Crippen LogP contribution in [0.2, 0.25) is 0 Å². The third kappa shape index (κ3) is 6.63. The van der Waals surface area contributed by atoms with Gasteiger partial charge in [0.1, 0.15) is 5.75 Å². The van der Waals surface area contributed by atoms with Crippen LogP contribution in [-0.2, 0) is 21.2 Å². The smallest absolute Gasteiger partial charge is 0.239 e. The first-order chi connectivity index (χ1) is 13.4. The number of rotatable bonds is 12. The van der Waals surface area contributed by atoms with Crippen LogP contribution in [0.15, 0.2) is 30.5 Å². The molecular weight excluding hydrogens is 374 g/mol. The van der Waals surface area contributed by atoms with E-state index >= 15 is 0 Å². The molecule has 0 atom stereocenters. The van der Waals surface area contributed by atoms with E-state index in [0.29, 0.717) is 12.1 Å². The van der Waals surface area contributed by atoms with Gasteiger partial charge in [0.25, 0.3) is 0 Å². The SMILES string of the molecule is CCCCCS(=O)(=O)CC(=O)Nc1ccc2c(ccn2CCN(CC)CC)c1. The normalized spacial score (nSPS) is 12.0. The van der Waals surface area contributed by atoms with Gasteiger partial charge in [-0.1, -0.05) is 33.6 Å². The number of sulfone groups is 1. The van der Waals surface area contributed by atoms with Crippen LogP contribution < -0.4 is 5.32 Å². The number of nitrogens with zero attached hydrogens (tertiary/aromatic N) is 2. The van der Waals surface area contributed by atoms with E-state index in [9.17, 15) is 13.2 Å². The fraction of sp³-hybridized carbons (Fsp3) is 0.571. The largest absolute Gasteiger partial charge is 0.346 e. The topological polar surface area (TPSA) is 71.4 Å². The van der Waals surface area contributed by atoms with Crippen LogP contribution in [0.4, 0.5) is 5.69 Å². The van der Waals surface area contributed by atoms with Crippen LogP contribution in [0, 0.1) is 0 Å². The van der Waals surface area contributed by atoms with Gasteiger partial charge in [0, 0.05) is 35.9 Å². The summed E-state index contributed by atoms with van der Waals surface area (Å²) in [6, 6.07) is 7.72. The van der Waals surface area contributed by atoms with E-state index in [2.05, 4.69) is 34.8 Å². The number of carbonyl (C=O) groups excluding carboxylic acids is 1. The number of carbonyl (C=O) groups is 1. The second kappa shape index (κ2) is 10.6. The number of unbranched alkanes of at least 4 members (excludes halogenated alkanes) is 2. The maximum atomic E-state index is 12.1. The number of amides is 1. The molecule has 0 aliphatic carbocycles. The van der Waals surface area contributed by atoms with Gasteiger partial charge in [-0.05, 0) is 43.8 Å². The summed E-state index contributed by atoms with van der Waals surface area (Å²) >= 11 is 0. The molecule has 0 aliphatic heterocycles. The number of aromatic nitrogens is 1. The lowest BCUT2D eigenvalue weighted by molar-refractivity contribution is -0.113. The second-order valence-electron chi connectivity index (χ2n) is 7.16. The summed E-state index contributed by atoms with van der Waals surface area (Å²) in [5.41, 5.74) is 1.74. The van der Waals surface area contributed by atoms with Crippen LogP contribution in [0.25, 0.3) is 10.9 Å². The Balaban J connectivity index is 1.98. The van der Waals surface area contributed by atoms with Crippen molar-refractivity contribution in [2.45, 2.75) is 46.6 Å². The zero-order valence-electron chi connectivity index (χ0n) is 17.3. The third-order valence-corrected chi connectivity index (χ3v) is 6.63. The number of benzene rings is 1. The van der Waals surface area contributed by atoms with Crippen molar-refractivity contribution in [3.8, 4) is 0 Å². The monoisotopic (exact) mass is 407 g/mol. The molecule has 6 nitrogen and oxygen atoms in total. The van der Waals surface area contributed by atoms with E-state index in [1.54, 1.807) is 0 Å². The molecule has 0 fully saturated rings. The second-order valence-corrected chi connectivity index (χ2v) is 9.34. The van der Waals surface area contributed by atoms with Crippen molar-refractivity contribution in [2.24, 2.45) is 0 Å². The Hall–Kier alpha value is -1.86. The number of anilines is 1. The summed E-state index contributed by atoms with van der Waals surface area (Å²) in [6.07, 6.45) is 4.48. The first-order valence-electron chi connectivity index (χ1n) is 10.2. The fourth-order valence-corrected chi connectivity index (χ4v) is 4.56. The molecule has 2 aromatic rings. The van der Waals surface area contributed by atoms with Gasteiger partial charge < -0.3 is 14.8 Å². The molecule has 0 aliphatic rings. The van der Waals surface area contributed by atoms with Crippen molar-refractivity contribution in [3.63, 3.8) is 0 Å². The number of fused-ring (bicyclic) bond motifs is 1. The minimum atomic E-state index is -3.35. The van der Waals surface area contributed by atoms with Crippen LogP contribution in [0.1, 0.15) is 40.0 Å². The van der Waals surface area contributed by atoms with Crippen molar-refractivity contribution < 1.29 is 13.2 Å². The summed E-state index contributed by atoms with van der Waals surface area (Å²) in [5.74, 6) is -0.862. The Kier molecular flexibility index (Phi) is 8.51. The minimum absolute atomic E-state index is 0.0721.